The molecule has 0 unspecified atom stereocenters. The molecule has 0 aliphatic heterocycles. The fourth-order valence-corrected chi connectivity index (χ4v) is 1.07. The molecule has 2 atom stereocenters. The van der Waals surface area contributed by atoms with E-state index < -0.39 is 11.9 Å². The minimum Gasteiger partial charge on any atom is -0.481 e. The molecule has 4 heteroatoms. The normalized spacial score (nSPS) is 14.0. The lowest BCUT2D eigenvalue weighted by molar-refractivity contribution is -0.149. The average Bonchev–Trinajstić information content (AvgIpc) is 2.18. The first-order valence-corrected chi connectivity index (χ1v) is 5.03. The lowest BCUT2D eigenvalue weighted by atomic mass is 9.95. The van der Waals surface area contributed by atoms with E-state index in [2.05, 4.69) is 6.58 Å². The third-order valence-corrected chi connectivity index (χ3v) is 2.23. The second kappa shape index (κ2) is 7.04. The average molecular weight is 214 g/mol. The van der Waals surface area contributed by atoms with Crippen molar-refractivity contribution in [2.45, 2.75) is 26.7 Å². The van der Waals surface area contributed by atoms with Crippen molar-refractivity contribution in [3.8, 4) is 0 Å². The number of aliphatic carboxylic acids is 1. The van der Waals surface area contributed by atoms with E-state index in [1.54, 1.807) is 6.92 Å². The maximum absolute atomic E-state index is 11.1. The zero-order chi connectivity index (χ0) is 11.8. The Morgan fingerprint density at radius 1 is 1.53 bits per heavy atom. The van der Waals surface area contributed by atoms with Crippen molar-refractivity contribution in [1.29, 1.82) is 0 Å². The van der Waals surface area contributed by atoms with Crippen molar-refractivity contribution < 1.29 is 19.4 Å². The van der Waals surface area contributed by atoms with E-state index in [4.69, 9.17) is 9.84 Å². The molecule has 15 heavy (non-hydrogen) atoms. The molecule has 86 valence electrons. The van der Waals surface area contributed by atoms with Crippen molar-refractivity contribution >= 4 is 11.9 Å². The van der Waals surface area contributed by atoms with Gasteiger partial charge in [0.2, 0.25) is 0 Å². The topological polar surface area (TPSA) is 63.6 Å². The highest BCUT2D eigenvalue weighted by Gasteiger charge is 2.22. The molecule has 0 saturated carbocycles. The summed E-state index contributed by atoms with van der Waals surface area (Å²) in [6.07, 6.45) is 2.61. The lowest BCUT2D eigenvalue weighted by Crippen LogP contribution is -2.24. The summed E-state index contributed by atoms with van der Waals surface area (Å²) in [5.41, 5.74) is 0. The van der Waals surface area contributed by atoms with E-state index in [-0.39, 0.29) is 18.5 Å². The number of ether oxygens (including phenoxy) is 1. The van der Waals surface area contributed by atoms with Gasteiger partial charge in [-0.05, 0) is 6.42 Å². The van der Waals surface area contributed by atoms with E-state index in [9.17, 15) is 9.59 Å². The third kappa shape index (κ3) is 5.20. The molecule has 0 aliphatic carbocycles. The minimum atomic E-state index is -0.911. The van der Waals surface area contributed by atoms with Gasteiger partial charge in [-0.1, -0.05) is 19.9 Å². The van der Waals surface area contributed by atoms with Crippen LogP contribution in [0.2, 0.25) is 0 Å². The largest absolute Gasteiger partial charge is 0.481 e. The molecule has 4 nitrogen and oxygen atoms in total. The Labute approximate surface area is 89.9 Å². The highest BCUT2D eigenvalue weighted by molar-refractivity contribution is 5.71. The molecule has 0 amide bonds. The van der Waals surface area contributed by atoms with Crippen molar-refractivity contribution in [2.75, 3.05) is 6.61 Å². The van der Waals surface area contributed by atoms with Gasteiger partial charge >= 0.3 is 11.9 Å². The Bertz CT molecular complexity index is 235. The molecule has 0 heterocycles. The van der Waals surface area contributed by atoms with Crippen LogP contribution in [0.1, 0.15) is 26.7 Å². The first kappa shape index (κ1) is 13.7. The molecule has 0 fully saturated rings. The SMILES string of the molecule is C=C[C@H](COC(=O)CCC)[C@@H](C)C(=O)O. The summed E-state index contributed by atoms with van der Waals surface area (Å²) in [5.74, 6) is -2.12. The quantitative estimate of drug-likeness (QED) is 0.519. The number of esters is 1. The molecule has 0 aliphatic rings. The van der Waals surface area contributed by atoms with Gasteiger partial charge in [-0.15, -0.1) is 6.58 Å². The highest BCUT2D eigenvalue weighted by atomic mass is 16.5. The predicted octanol–water partition coefficient (Wildman–Crippen LogP) is 1.85. The van der Waals surface area contributed by atoms with E-state index in [0.29, 0.717) is 6.42 Å². The summed E-state index contributed by atoms with van der Waals surface area (Å²) in [6, 6.07) is 0. The van der Waals surface area contributed by atoms with Gasteiger partial charge in [0.05, 0.1) is 12.5 Å². The van der Waals surface area contributed by atoms with Crippen molar-refractivity contribution in [3.05, 3.63) is 12.7 Å². The first-order valence-electron chi connectivity index (χ1n) is 5.03. The van der Waals surface area contributed by atoms with E-state index in [0.717, 1.165) is 6.42 Å². The molecule has 1 N–H and O–H groups in total. The number of carboxylic acid groups (broad SMARTS) is 1. The summed E-state index contributed by atoms with van der Waals surface area (Å²) in [4.78, 5) is 21.7. The molecule has 0 aromatic carbocycles. The summed E-state index contributed by atoms with van der Waals surface area (Å²) in [5, 5.41) is 8.76. The summed E-state index contributed by atoms with van der Waals surface area (Å²) in [7, 11) is 0. The molecular formula is C11H18O4. The van der Waals surface area contributed by atoms with Gasteiger partial charge < -0.3 is 9.84 Å². The monoisotopic (exact) mass is 214 g/mol. The molecule has 0 saturated heterocycles. The fourth-order valence-electron chi connectivity index (χ4n) is 1.07. The second-order valence-electron chi connectivity index (χ2n) is 3.46. The van der Waals surface area contributed by atoms with E-state index >= 15 is 0 Å². The van der Waals surface area contributed by atoms with Gasteiger partial charge in [-0.2, -0.15) is 0 Å². The van der Waals surface area contributed by atoms with Crippen LogP contribution in [0.5, 0.6) is 0 Å². The molecule has 0 spiro atoms. The zero-order valence-corrected chi connectivity index (χ0v) is 9.23. The maximum Gasteiger partial charge on any atom is 0.306 e. The Balaban J connectivity index is 4.05. The van der Waals surface area contributed by atoms with Gasteiger partial charge in [0, 0.05) is 12.3 Å². The lowest BCUT2D eigenvalue weighted by Gasteiger charge is -2.16. The number of carbonyl (C=O) groups excluding carboxylic acids is 1. The predicted molar refractivity (Wildman–Crippen MR) is 56.4 cm³/mol. The summed E-state index contributed by atoms with van der Waals surface area (Å²) >= 11 is 0. The van der Waals surface area contributed by atoms with Crippen molar-refractivity contribution in [2.24, 2.45) is 11.8 Å². The van der Waals surface area contributed by atoms with E-state index in [1.807, 2.05) is 6.92 Å². The van der Waals surface area contributed by atoms with Crippen LogP contribution in [-0.2, 0) is 14.3 Å². The molecule has 0 rings (SSSR count). The number of carboxylic acids is 1. The molecular weight excluding hydrogens is 196 g/mol. The standard InChI is InChI=1S/C11H18O4/c1-4-6-10(12)15-7-9(5-2)8(3)11(13)14/h5,8-9H,2,4,6-7H2,1,3H3,(H,13,14)/t8-,9-/m1/s1. The number of carbonyl (C=O) groups is 2. The molecule has 0 radical (unpaired) electrons. The van der Waals surface area contributed by atoms with Gasteiger partial charge in [-0.25, -0.2) is 0 Å². The Morgan fingerprint density at radius 2 is 2.13 bits per heavy atom. The molecule has 0 bridgehead atoms. The van der Waals surface area contributed by atoms with Crippen LogP contribution in [0.4, 0.5) is 0 Å². The Kier molecular flexibility index (Phi) is 6.42. The minimum absolute atomic E-state index is 0.0931. The number of hydrogen-bond donors (Lipinski definition) is 1. The molecule has 0 aromatic rings. The number of hydrogen-bond acceptors (Lipinski definition) is 3. The van der Waals surface area contributed by atoms with Crippen molar-refractivity contribution in [1.82, 2.24) is 0 Å². The van der Waals surface area contributed by atoms with E-state index in [1.165, 1.54) is 6.08 Å². The van der Waals surface area contributed by atoms with Gasteiger partial charge in [0.15, 0.2) is 0 Å². The van der Waals surface area contributed by atoms with Gasteiger partial charge in [0.25, 0.3) is 0 Å². The Morgan fingerprint density at radius 3 is 2.53 bits per heavy atom. The van der Waals surface area contributed by atoms with Crippen LogP contribution in [0.15, 0.2) is 12.7 Å². The van der Waals surface area contributed by atoms with Crippen molar-refractivity contribution in [3.63, 3.8) is 0 Å². The maximum atomic E-state index is 11.1. The van der Waals surface area contributed by atoms with Gasteiger partial charge in [0.1, 0.15) is 0 Å². The third-order valence-electron chi connectivity index (χ3n) is 2.23. The second-order valence-corrected chi connectivity index (χ2v) is 3.46. The van der Waals surface area contributed by atoms with Crippen LogP contribution < -0.4 is 0 Å². The van der Waals surface area contributed by atoms with Gasteiger partial charge in [-0.3, -0.25) is 9.59 Å². The smallest absolute Gasteiger partial charge is 0.306 e. The van der Waals surface area contributed by atoms with Crippen LogP contribution in [0, 0.1) is 11.8 Å². The fraction of sp³-hybridized carbons (Fsp3) is 0.636. The summed E-state index contributed by atoms with van der Waals surface area (Å²) < 4.78 is 4.93. The van der Waals surface area contributed by atoms with Crippen LogP contribution in [0.25, 0.3) is 0 Å². The summed E-state index contributed by atoms with van der Waals surface area (Å²) in [6.45, 7) is 7.08. The first-order chi connectivity index (χ1) is 7.02. The van der Waals surface area contributed by atoms with Crippen LogP contribution in [0.3, 0.4) is 0 Å². The molecule has 0 aromatic heterocycles. The highest BCUT2D eigenvalue weighted by Crippen LogP contribution is 2.13. The number of rotatable bonds is 7. The Hall–Kier alpha value is -1.32. The van der Waals surface area contributed by atoms with Crippen LogP contribution in [-0.4, -0.2) is 23.7 Å². The zero-order valence-electron chi connectivity index (χ0n) is 9.23. The van der Waals surface area contributed by atoms with Crippen LogP contribution >= 0.6 is 0 Å².